The van der Waals surface area contributed by atoms with Gasteiger partial charge >= 0.3 is 12.0 Å². The number of amides is 2. The van der Waals surface area contributed by atoms with E-state index in [-0.39, 0.29) is 18.7 Å². The molecule has 0 saturated carbocycles. The van der Waals surface area contributed by atoms with Crippen molar-refractivity contribution >= 4 is 12.0 Å². The van der Waals surface area contributed by atoms with Crippen molar-refractivity contribution in [1.82, 2.24) is 10.2 Å². The molecule has 0 aromatic heterocycles. The van der Waals surface area contributed by atoms with Crippen molar-refractivity contribution in [3.05, 3.63) is 0 Å². The zero-order valence-electron chi connectivity index (χ0n) is 10.6. The Morgan fingerprint density at radius 2 is 2.22 bits per heavy atom. The number of piperidine rings is 1. The van der Waals surface area contributed by atoms with Crippen molar-refractivity contribution in [3.8, 4) is 0 Å². The Morgan fingerprint density at radius 3 is 2.78 bits per heavy atom. The van der Waals surface area contributed by atoms with E-state index in [0.29, 0.717) is 19.0 Å². The number of carboxylic acids is 1. The second kappa shape index (κ2) is 6.55. The van der Waals surface area contributed by atoms with E-state index >= 15 is 0 Å². The summed E-state index contributed by atoms with van der Waals surface area (Å²) in [6.07, 6.45) is -0.738. The number of nitrogens with zero attached hydrogens (tertiary/aromatic N) is 1. The fourth-order valence-electron chi connectivity index (χ4n) is 1.91. The first-order chi connectivity index (χ1) is 8.45. The minimum Gasteiger partial charge on any atom is -0.479 e. The van der Waals surface area contributed by atoms with Crippen LogP contribution in [0.1, 0.15) is 13.3 Å². The Bertz CT molecular complexity index is 310. The number of aliphatic carboxylic acids is 1. The van der Waals surface area contributed by atoms with E-state index in [1.54, 1.807) is 12.0 Å². The second-order valence-electron chi connectivity index (χ2n) is 4.53. The first kappa shape index (κ1) is 14.7. The van der Waals surface area contributed by atoms with Crippen molar-refractivity contribution in [3.63, 3.8) is 0 Å². The predicted molar refractivity (Wildman–Crippen MR) is 63.2 cm³/mol. The van der Waals surface area contributed by atoms with Gasteiger partial charge < -0.3 is 25.2 Å². The van der Waals surface area contributed by atoms with Gasteiger partial charge in [0.15, 0.2) is 6.10 Å². The van der Waals surface area contributed by atoms with Gasteiger partial charge in [-0.2, -0.15) is 0 Å². The molecule has 0 aliphatic carbocycles. The van der Waals surface area contributed by atoms with Crippen LogP contribution in [0.5, 0.6) is 0 Å². The molecule has 0 spiro atoms. The maximum absolute atomic E-state index is 11.7. The summed E-state index contributed by atoms with van der Waals surface area (Å²) < 4.78 is 5.28. The highest BCUT2D eigenvalue weighted by molar-refractivity contribution is 5.76. The first-order valence-electron chi connectivity index (χ1n) is 5.92. The molecule has 1 aliphatic rings. The SMILES string of the molecule is COC1CN(C(=O)NCC(O)C(=O)O)CCC1C. The standard InChI is InChI=1S/C11H20N2O5/c1-7-3-4-13(6-9(7)18-2)11(17)12-5-8(14)10(15)16/h7-9,14H,3-6H2,1-2H3,(H,12,17)(H,15,16). The molecule has 0 aromatic rings. The van der Waals surface area contributed by atoms with Crippen LogP contribution >= 0.6 is 0 Å². The molecule has 1 heterocycles. The van der Waals surface area contributed by atoms with Gasteiger partial charge in [0.05, 0.1) is 12.6 Å². The largest absolute Gasteiger partial charge is 0.479 e. The summed E-state index contributed by atoms with van der Waals surface area (Å²) in [6.45, 7) is 2.86. The van der Waals surface area contributed by atoms with Crippen LogP contribution in [-0.2, 0) is 9.53 Å². The summed E-state index contributed by atoms with van der Waals surface area (Å²) in [5, 5.41) is 19.9. The lowest BCUT2D eigenvalue weighted by Crippen LogP contribution is -2.51. The number of hydrogen-bond acceptors (Lipinski definition) is 4. The Kier molecular flexibility index (Phi) is 5.36. The lowest BCUT2D eigenvalue weighted by molar-refractivity contribution is -0.146. The fraction of sp³-hybridized carbons (Fsp3) is 0.818. The Labute approximate surface area is 106 Å². The van der Waals surface area contributed by atoms with Gasteiger partial charge in [-0.25, -0.2) is 9.59 Å². The molecule has 7 heteroatoms. The Balaban J connectivity index is 2.40. The van der Waals surface area contributed by atoms with Gasteiger partial charge in [-0.1, -0.05) is 6.92 Å². The number of hydrogen-bond donors (Lipinski definition) is 3. The lowest BCUT2D eigenvalue weighted by atomic mass is 9.96. The molecule has 1 saturated heterocycles. The number of carbonyl (C=O) groups excluding carboxylic acids is 1. The third kappa shape index (κ3) is 3.85. The average Bonchev–Trinajstić information content (AvgIpc) is 2.35. The summed E-state index contributed by atoms with van der Waals surface area (Å²) in [5.74, 6) is -0.957. The topological polar surface area (TPSA) is 99.1 Å². The molecular formula is C11H20N2O5. The van der Waals surface area contributed by atoms with Crippen LogP contribution in [-0.4, -0.2) is 66.1 Å². The maximum atomic E-state index is 11.7. The highest BCUT2D eigenvalue weighted by Crippen LogP contribution is 2.19. The van der Waals surface area contributed by atoms with Crippen molar-refractivity contribution in [2.45, 2.75) is 25.6 Å². The van der Waals surface area contributed by atoms with E-state index in [1.807, 2.05) is 0 Å². The molecule has 0 aromatic carbocycles. The van der Waals surface area contributed by atoms with Gasteiger partial charge in [0, 0.05) is 20.2 Å². The van der Waals surface area contributed by atoms with Gasteiger partial charge in [0.25, 0.3) is 0 Å². The number of rotatable bonds is 4. The quantitative estimate of drug-likeness (QED) is 0.633. The minimum absolute atomic E-state index is 0.00565. The van der Waals surface area contributed by atoms with Crippen molar-refractivity contribution in [1.29, 1.82) is 0 Å². The van der Waals surface area contributed by atoms with Crippen LogP contribution in [0.2, 0.25) is 0 Å². The van der Waals surface area contributed by atoms with Crippen LogP contribution in [0.3, 0.4) is 0 Å². The van der Waals surface area contributed by atoms with Gasteiger partial charge in [-0.3, -0.25) is 0 Å². The molecule has 1 rings (SSSR count). The molecule has 3 unspecified atom stereocenters. The fourth-order valence-corrected chi connectivity index (χ4v) is 1.91. The van der Waals surface area contributed by atoms with Crippen molar-refractivity contribution < 1.29 is 24.5 Å². The summed E-state index contributed by atoms with van der Waals surface area (Å²) in [5.41, 5.74) is 0. The highest BCUT2D eigenvalue weighted by atomic mass is 16.5. The van der Waals surface area contributed by atoms with Gasteiger partial charge in [0.1, 0.15) is 0 Å². The lowest BCUT2D eigenvalue weighted by Gasteiger charge is -2.36. The van der Waals surface area contributed by atoms with Gasteiger partial charge in [0.2, 0.25) is 0 Å². The van der Waals surface area contributed by atoms with Crippen LogP contribution < -0.4 is 5.32 Å². The number of methoxy groups -OCH3 is 1. The highest BCUT2D eigenvalue weighted by Gasteiger charge is 2.29. The van der Waals surface area contributed by atoms with E-state index in [1.165, 1.54) is 0 Å². The number of aliphatic hydroxyl groups is 1. The molecule has 18 heavy (non-hydrogen) atoms. The third-order valence-corrected chi connectivity index (χ3v) is 3.21. The van der Waals surface area contributed by atoms with Crippen LogP contribution in [0, 0.1) is 5.92 Å². The summed E-state index contributed by atoms with van der Waals surface area (Å²) in [4.78, 5) is 23.7. The monoisotopic (exact) mass is 260 g/mol. The van der Waals surface area contributed by atoms with E-state index in [4.69, 9.17) is 14.9 Å². The van der Waals surface area contributed by atoms with Crippen LogP contribution in [0.15, 0.2) is 0 Å². The van der Waals surface area contributed by atoms with Crippen LogP contribution in [0.25, 0.3) is 0 Å². The number of nitrogens with one attached hydrogen (secondary N) is 1. The van der Waals surface area contributed by atoms with Crippen molar-refractivity contribution in [2.24, 2.45) is 5.92 Å². The summed E-state index contributed by atoms with van der Waals surface area (Å²) in [6, 6.07) is -0.371. The zero-order valence-corrected chi connectivity index (χ0v) is 10.6. The predicted octanol–water partition coefficient (Wildman–Crippen LogP) is -0.502. The number of urea groups is 1. The molecular weight excluding hydrogens is 240 g/mol. The summed E-state index contributed by atoms with van der Waals surface area (Å²) >= 11 is 0. The molecule has 0 bridgehead atoms. The van der Waals surface area contributed by atoms with E-state index in [2.05, 4.69) is 12.2 Å². The first-order valence-corrected chi connectivity index (χ1v) is 5.92. The van der Waals surface area contributed by atoms with Crippen molar-refractivity contribution in [2.75, 3.05) is 26.7 Å². The molecule has 1 aliphatic heterocycles. The molecule has 1 fully saturated rings. The summed E-state index contributed by atoms with van der Waals surface area (Å²) in [7, 11) is 1.61. The molecule has 104 valence electrons. The number of aliphatic hydroxyl groups excluding tert-OH is 1. The maximum Gasteiger partial charge on any atom is 0.334 e. The number of likely N-dealkylation sites (tertiary alicyclic amines) is 1. The third-order valence-electron chi connectivity index (χ3n) is 3.21. The number of carbonyl (C=O) groups is 2. The molecule has 0 radical (unpaired) electrons. The van der Waals surface area contributed by atoms with Gasteiger partial charge in [-0.15, -0.1) is 0 Å². The van der Waals surface area contributed by atoms with Crippen LogP contribution in [0.4, 0.5) is 4.79 Å². The molecule has 3 atom stereocenters. The number of ether oxygens (including phenoxy) is 1. The minimum atomic E-state index is -1.57. The van der Waals surface area contributed by atoms with E-state index in [9.17, 15) is 9.59 Å². The molecule has 3 N–H and O–H groups in total. The Hall–Kier alpha value is -1.34. The van der Waals surface area contributed by atoms with Gasteiger partial charge in [-0.05, 0) is 12.3 Å². The smallest absolute Gasteiger partial charge is 0.334 e. The average molecular weight is 260 g/mol. The number of carboxylic acid groups (broad SMARTS) is 1. The molecule has 2 amide bonds. The van der Waals surface area contributed by atoms with E-state index < -0.39 is 12.1 Å². The molecule has 7 nitrogen and oxygen atoms in total. The zero-order chi connectivity index (χ0) is 13.7. The normalized spacial score (nSPS) is 25.6. The second-order valence-corrected chi connectivity index (χ2v) is 4.53. The Morgan fingerprint density at radius 1 is 1.56 bits per heavy atom. The van der Waals surface area contributed by atoms with E-state index in [0.717, 1.165) is 6.42 Å².